The number of hydrogen-bond donors (Lipinski definition) is 1. The third-order valence-corrected chi connectivity index (χ3v) is 2.90. The van der Waals surface area contributed by atoms with Crippen molar-refractivity contribution in [2.45, 2.75) is 13.5 Å². The first-order valence-corrected chi connectivity index (χ1v) is 6.29. The first-order valence-electron chi connectivity index (χ1n) is 6.29. The third-order valence-electron chi connectivity index (χ3n) is 2.90. The molecule has 0 spiro atoms. The summed E-state index contributed by atoms with van der Waals surface area (Å²) in [5, 5.41) is 3.14. The highest BCUT2D eigenvalue weighted by molar-refractivity contribution is 5.42. The van der Waals surface area contributed by atoms with Crippen LogP contribution in [-0.2, 0) is 6.54 Å². The molecule has 1 N–H and O–H groups in total. The SMILES string of the molecule is CNCc1ccc(C)c(Oc2cccc(OC)c2)c1. The van der Waals surface area contributed by atoms with Crippen LogP contribution in [0.25, 0.3) is 0 Å². The van der Waals surface area contributed by atoms with Crippen LogP contribution in [0.5, 0.6) is 17.2 Å². The van der Waals surface area contributed by atoms with Crippen molar-refractivity contribution in [1.82, 2.24) is 5.32 Å². The lowest BCUT2D eigenvalue weighted by molar-refractivity contribution is 0.408. The van der Waals surface area contributed by atoms with Gasteiger partial charge in [-0.05, 0) is 43.3 Å². The minimum absolute atomic E-state index is 0.782. The Morgan fingerprint density at radius 3 is 2.58 bits per heavy atom. The monoisotopic (exact) mass is 257 g/mol. The van der Waals surface area contributed by atoms with E-state index >= 15 is 0 Å². The van der Waals surface area contributed by atoms with Gasteiger partial charge in [0.25, 0.3) is 0 Å². The zero-order chi connectivity index (χ0) is 13.7. The van der Waals surface area contributed by atoms with Crippen molar-refractivity contribution in [3.8, 4) is 17.2 Å². The molecule has 0 radical (unpaired) electrons. The summed E-state index contributed by atoms with van der Waals surface area (Å²) in [7, 11) is 3.58. The molecule has 2 rings (SSSR count). The molecule has 0 aliphatic heterocycles. The standard InChI is InChI=1S/C16H19NO2/c1-12-7-8-13(11-17-2)9-16(12)19-15-6-4-5-14(10-15)18-3/h4-10,17H,11H2,1-3H3. The van der Waals surface area contributed by atoms with E-state index in [-0.39, 0.29) is 0 Å². The maximum absolute atomic E-state index is 5.93. The molecule has 3 heteroatoms. The lowest BCUT2D eigenvalue weighted by Gasteiger charge is -2.11. The first-order chi connectivity index (χ1) is 9.22. The number of nitrogens with one attached hydrogen (secondary N) is 1. The van der Waals surface area contributed by atoms with Gasteiger partial charge in [0.1, 0.15) is 17.2 Å². The molecule has 0 heterocycles. The van der Waals surface area contributed by atoms with Crippen LogP contribution in [0.2, 0.25) is 0 Å². The van der Waals surface area contributed by atoms with Gasteiger partial charge in [-0.3, -0.25) is 0 Å². The number of ether oxygens (including phenoxy) is 2. The molecule has 0 saturated heterocycles. The van der Waals surface area contributed by atoms with E-state index < -0.39 is 0 Å². The summed E-state index contributed by atoms with van der Waals surface area (Å²) in [6.45, 7) is 2.87. The number of benzene rings is 2. The summed E-state index contributed by atoms with van der Waals surface area (Å²) in [5.41, 5.74) is 2.31. The predicted molar refractivity (Wildman–Crippen MR) is 77.0 cm³/mol. The van der Waals surface area contributed by atoms with E-state index in [0.29, 0.717) is 0 Å². The Morgan fingerprint density at radius 2 is 1.84 bits per heavy atom. The Hall–Kier alpha value is -2.00. The average molecular weight is 257 g/mol. The molecular weight excluding hydrogens is 238 g/mol. The molecule has 3 nitrogen and oxygen atoms in total. The highest BCUT2D eigenvalue weighted by Crippen LogP contribution is 2.28. The van der Waals surface area contributed by atoms with Crippen molar-refractivity contribution >= 4 is 0 Å². The van der Waals surface area contributed by atoms with E-state index in [2.05, 4.69) is 23.5 Å². The summed E-state index contributed by atoms with van der Waals surface area (Å²) >= 11 is 0. The van der Waals surface area contributed by atoms with Crippen LogP contribution in [0.1, 0.15) is 11.1 Å². The van der Waals surface area contributed by atoms with Crippen LogP contribution in [0.4, 0.5) is 0 Å². The van der Waals surface area contributed by atoms with Gasteiger partial charge in [-0.2, -0.15) is 0 Å². The van der Waals surface area contributed by atoms with Gasteiger partial charge in [-0.15, -0.1) is 0 Å². The van der Waals surface area contributed by atoms with Crippen molar-refractivity contribution in [1.29, 1.82) is 0 Å². The predicted octanol–water partition coefficient (Wildman–Crippen LogP) is 3.52. The Morgan fingerprint density at radius 1 is 1.05 bits per heavy atom. The second-order valence-corrected chi connectivity index (χ2v) is 4.41. The number of aryl methyl sites for hydroxylation is 1. The van der Waals surface area contributed by atoms with Crippen LogP contribution >= 0.6 is 0 Å². The van der Waals surface area contributed by atoms with Gasteiger partial charge in [0.2, 0.25) is 0 Å². The van der Waals surface area contributed by atoms with Crippen LogP contribution in [0, 0.1) is 6.92 Å². The molecule has 0 fully saturated rings. The van der Waals surface area contributed by atoms with Crippen molar-refractivity contribution in [2.75, 3.05) is 14.2 Å². The van der Waals surface area contributed by atoms with E-state index in [1.807, 2.05) is 38.2 Å². The van der Waals surface area contributed by atoms with Crippen molar-refractivity contribution < 1.29 is 9.47 Å². The molecule has 100 valence electrons. The molecular formula is C16H19NO2. The lowest BCUT2D eigenvalue weighted by atomic mass is 10.1. The first kappa shape index (κ1) is 13.4. The van der Waals surface area contributed by atoms with Crippen LogP contribution in [0.15, 0.2) is 42.5 Å². The molecule has 0 bridgehead atoms. The smallest absolute Gasteiger partial charge is 0.131 e. The van der Waals surface area contributed by atoms with E-state index in [0.717, 1.165) is 29.4 Å². The zero-order valence-electron chi connectivity index (χ0n) is 11.6. The summed E-state index contributed by atoms with van der Waals surface area (Å²) in [6, 6.07) is 13.9. The number of methoxy groups -OCH3 is 1. The zero-order valence-corrected chi connectivity index (χ0v) is 11.6. The van der Waals surface area contributed by atoms with Crippen molar-refractivity contribution in [2.24, 2.45) is 0 Å². The second kappa shape index (κ2) is 6.25. The van der Waals surface area contributed by atoms with Crippen LogP contribution in [0.3, 0.4) is 0 Å². The molecule has 0 unspecified atom stereocenters. The quantitative estimate of drug-likeness (QED) is 0.889. The molecule has 0 aliphatic rings. The van der Waals surface area contributed by atoms with Gasteiger partial charge in [0.05, 0.1) is 7.11 Å². The van der Waals surface area contributed by atoms with E-state index in [9.17, 15) is 0 Å². The van der Waals surface area contributed by atoms with E-state index in [1.54, 1.807) is 7.11 Å². The maximum atomic E-state index is 5.93. The Labute approximate surface area is 114 Å². The minimum Gasteiger partial charge on any atom is -0.497 e. The molecule has 0 amide bonds. The van der Waals surface area contributed by atoms with Gasteiger partial charge >= 0.3 is 0 Å². The molecule has 2 aromatic carbocycles. The summed E-state index contributed by atoms with van der Waals surface area (Å²) in [5.74, 6) is 2.45. The summed E-state index contributed by atoms with van der Waals surface area (Å²) in [4.78, 5) is 0. The van der Waals surface area contributed by atoms with Gasteiger partial charge in [0, 0.05) is 12.6 Å². The summed E-state index contributed by atoms with van der Waals surface area (Å²) < 4.78 is 11.1. The fraction of sp³-hybridized carbons (Fsp3) is 0.250. The van der Waals surface area contributed by atoms with Gasteiger partial charge in [-0.25, -0.2) is 0 Å². The fourth-order valence-electron chi connectivity index (χ4n) is 1.86. The van der Waals surface area contributed by atoms with Crippen LogP contribution < -0.4 is 14.8 Å². The Bertz CT molecular complexity index is 552. The van der Waals surface area contributed by atoms with Crippen molar-refractivity contribution in [3.63, 3.8) is 0 Å². The summed E-state index contributed by atoms with van der Waals surface area (Å²) in [6.07, 6.45) is 0. The number of hydrogen-bond acceptors (Lipinski definition) is 3. The third kappa shape index (κ3) is 3.48. The molecule has 0 aromatic heterocycles. The largest absolute Gasteiger partial charge is 0.497 e. The van der Waals surface area contributed by atoms with Gasteiger partial charge in [-0.1, -0.05) is 18.2 Å². The number of rotatable bonds is 5. The molecule has 19 heavy (non-hydrogen) atoms. The van der Waals surface area contributed by atoms with Gasteiger partial charge < -0.3 is 14.8 Å². The molecule has 0 aliphatic carbocycles. The van der Waals surface area contributed by atoms with E-state index in [4.69, 9.17) is 9.47 Å². The Kier molecular flexibility index (Phi) is 4.42. The molecule has 0 atom stereocenters. The average Bonchev–Trinajstić information content (AvgIpc) is 2.43. The van der Waals surface area contributed by atoms with E-state index in [1.165, 1.54) is 5.56 Å². The highest BCUT2D eigenvalue weighted by atomic mass is 16.5. The van der Waals surface area contributed by atoms with Crippen molar-refractivity contribution in [3.05, 3.63) is 53.6 Å². The molecule has 2 aromatic rings. The minimum atomic E-state index is 0.782. The van der Waals surface area contributed by atoms with Crippen LogP contribution in [-0.4, -0.2) is 14.2 Å². The Balaban J connectivity index is 2.23. The maximum Gasteiger partial charge on any atom is 0.131 e. The van der Waals surface area contributed by atoms with Gasteiger partial charge in [0.15, 0.2) is 0 Å². The lowest BCUT2D eigenvalue weighted by Crippen LogP contribution is -2.05. The normalized spacial score (nSPS) is 10.3. The fourth-order valence-corrected chi connectivity index (χ4v) is 1.86. The second-order valence-electron chi connectivity index (χ2n) is 4.41. The molecule has 0 saturated carbocycles. The topological polar surface area (TPSA) is 30.5 Å². The highest BCUT2D eigenvalue weighted by Gasteiger charge is 2.04.